The molecule has 5 heteroatoms. The third-order valence-corrected chi connectivity index (χ3v) is 6.97. The first-order chi connectivity index (χ1) is 14.8. The Morgan fingerprint density at radius 1 is 1.13 bits per heavy atom. The summed E-state index contributed by atoms with van der Waals surface area (Å²) in [4.78, 5) is 13.4. The minimum atomic E-state index is -0.231. The van der Waals surface area contributed by atoms with E-state index in [0.29, 0.717) is 16.6 Å². The van der Waals surface area contributed by atoms with Crippen molar-refractivity contribution in [2.24, 2.45) is 5.41 Å². The van der Waals surface area contributed by atoms with Crippen molar-refractivity contribution < 1.29 is 14.6 Å². The number of methoxy groups -OCH3 is 1. The van der Waals surface area contributed by atoms with Crippen molar-refractivity contribution in [1.29, 1.82) is 0 Å². The Morgan fingerprint density at radius 2 is 1.90 bits per heavy atom. The lowest BCUT2D eigenvalue weighted by atomic mass is 9.68. The molecule has 31 heavy (non-hydrogen) atoms. The summed E-state index contributed by atoms with van der Waals surface area (Å²) in [5, 5.41) is 16.3. The van der Waals surface area contributed by atoms with Crippen LogP contribution < -0.4 is 10.1 Å². The third kappa shape index (κ3) is 3.23. The van der Waals surface area contributed by atoms with Crippen LogP contribution in [0.5, 0.6) is 11.5 Å². The molecule has 1 atom stereocenters. The first kappa shape index (κ1) is 20.1. The Kier molecular flexibility index (Phi) is 4.63. The van der Waals surface area contributed by atoms with Gasteiger partial charge >= 0.3 is 0 Å². The smallest absolute Gasteiger partial charge is 0.172 e. The number of ether oxygens (including phenoxy) is 1. The molecule has 5 rings (SSSR count). The van der Waals surface area contributed by atoms with Crippen molar-refractivity contribution in [3.8, 4) is 11.5 Å². The fourth-order valence-corrected chi connectivity index (χ4v) is 5.48. The number of carbonyl (C=O) groups is 1. The highest BCUT2D eigenvalue weighted by Crippen LogP contribution is 2.52. The van der Waals surface area contributed by atoms with Crippen LogP contribution in [-0.2, 0) is 4.79 Å². The number of hydrogen-bond donors (Lipinski definition) is 2. The summed E-state index contributed by atoms with van der Waals surface area (Å²) >= 11 is 3.46. The normalized spacial score (nSPS) is 19.6. The summed E-state index contributed by atoms with van der Waals surface area (Å²) in [6.07, 6.45) is 1.33. The first-order valence-corrected chi connectivity index (χ1v) is 11.2. The van der Waals surface area contributed by atoms with Crippen LogP contribution in [0.3, 0.4) is 0 Å². The fourth-order valence-electron chi connectivity index (χ4n) is 5.02. The lowest BCUT2D eigenvalue weighted by Crippen LogP contribution is -2.33. The maximum Gasteiger partial charge on any atom is 0.172 e. The summed E-state index contributed by atoms with van der Waals surface area (Å²) in [6.45, 7) is 4.29. The molecule has 2 N–H and O–H groups in total. The molecule has 1 aliphatic carbocycles. The van der Waals surface area contributed by atoms with Crippen LogP contribution in [-0.4, -0.2) is 18.0 Å². The lowest BCUT2D eigenvalue weighted by Gasteiger charge is -2.40. The molecule has 0 fully saturated rings. The molecule has 3 aromatic rings. The molecular formula is C26H24BrNO3. The Labute approximate surface area is 190 Å². The topological polar surface area (TPSA) is 58.6 Å². The highest BCUT2D eigenvalue weighted by atomic mass is 79.9. The minimum absolute atomic E-state index is 0.0595. The second kappa shape index (κ2) is 7.13. The number of rotatable bonds is 2. The molecule has 2 aliphatic rings. The zero-order valence-electron chi connectivity index (χ0n) is 17.8. The van der Waals surface area contributed by atoms with Crippen molar-refractivity contribution in [3.63, 3.8) is 0 Å². The van der Waals surface area contributed by atoms with E-state index >= 15 is 0 Å². The predicted molar refractivity (Wildman–Crippen MR) is 127 cm³/mol. The zero-order chi connectivity index (χ0) is 21.9. The van der Waals surface area contributed by atoms with Gasteiger partial charge in [-0.2, -0.15) is 0 Å². The number of phenols is 1. The summed E-state index contributed by atoms with van der Waals surface area (Å²) in [5.74, 6) is 0.385. The number of benzene rings is 3. The molecule has 1 heterocycles. The first-order valence-electron chi connectivity index (χ1n) is 10.4. The molecule has 1 aliphatic heterocycles. The van der Waals surface area contributed by atoms with Crippen LogP contribution in [0, 0.1) is 5.41 Å². The number of Topliss-reactive ketones (excluding diaryl/α,β-unsaturated/α-hetero) is 1. The molecule has 0 unspecified atom stereocenters. The number of aromatic hydroxyl groups is 1. The molecule has 0 radical (unpaired) electrons. The third-order valence-electron chi connectivity index (χ3n) is 6.36. The SMILES string of the molecule is COc1cc([C@@H]2C3=C(CC(C)(C)CC3=O)Nc3c2ccc2ccccc32)cc(Br)c1O. The van der Waals surface area contributed by atoms with Gasteiger partial charge in [-0.3, -0.25) is 4.79 Å². The molecular weight excluding hydrogens is 454 g/mol. The fraction of sp³-hybridized carbons (Fsp3) is 0.269. The van der Waals surface area contributed by atoms with Crippen LogP contribution in [0.4, 0.5) is 5.69 Å². The number of halogens is 1. The average Bonchev–Trinajstić information content (AvgIpc) is 2.73. The van der Waals surface area contributed by atoms with Crippen molar-refractivity contribution in [1.82, 2.24) is 0 Å². The van der Waals surface area contributed by atoms with Crippen molar-refractivity contribution >= 4 is 38.2 Å². The number of nitrogens with one attached hydrogen (secondary N) is 1. The molecule has 4 nitrogen and oxygen atoms in total. The van der Waals surface area contributed by atoms with Crippen LogP contribution in [0.2, 0.25) is 0 Å². The highest BCUT2D eigenvalue weighted by molar-refractivity contribution is 9.10. The second-order valence-corrected chi connectivity index (χ2v) is 10.1. The van der Waals surface area contributed by atoms with E-state index in [1.807, 2.05) is 24.3 Å². The average molecular weight is 478 g/mol. The van der Waals surface area contributed by atoms with Gasteiger partial charge in [0.2, 0.25) is 0 Å². The van der Waals surface area contributed by atoms with Crippen LogP contribution in [0.1, 0.15) is 43.7 Å². The van der Waals surface area contributed by atoms with E-state index in [1.54, 1.807) is 0 Å². The van der Waals surface area contributed by atoms with E-state index in [9.17, 15) is 9.90 Å². The summed E-state index contributed by atoms with van der Waals surface area (Å²) in [6, 6.07) is 16.3. The van der Waals surface area contributed by atoms with Crippen molar-refractivity contribution in [2.45, 2.75) is 32.6 Å². The lowest BCUT2D eigenvalue weighted by molar-refractivity contribution is -0.118. The van der Waals surface area contributed by atoms with Gasteiger partial charge in [0.15, 0.2) is 17.3 Å². The van der Waals surface area contributed by atoms with Crippen molar-refractivity contribution in [3.05, 3.63) is 75.4 Å². The largest absolute Gasteiger partial charge is 0.503 e. The molecule has 3 aromatic carbocycles. The van der Waals surface area contributed by atoms with Gasteiger partial charge in [0.05, 0.1) is 17.3 Å². The van der Waals surface area contributed by atoms with Crippen LogP contribution >= 0.6 is 15.9 Å². The Bertz CT molecular complexity index is 1280. The maximum atomic E-state index is 13.4. The molecule has 0 saturated heterocycles. The van der Waals surface area contributed by atoms with Crippen molar-refractivity contribution in [2.75, 3.05) is 12.4 Å². The Balaban J connectivity index is 1.81. The van der Waals surface area contributed by atoms with E-state index in [2.05, 4.69) is 59.4 Å². The number of anilines is 1. The number of phenolic OH excluding ortho intramolecular Hbond substituents is 1. The van der Waals surface area contributed by atoms with E-state index in [0.717, 1.165) is 45.3 Å². The molecule has 0 amide bonds. The van der Waals surface area contributed by atoms with Crippen LogP contribution in [0.25, 0.3) is 10.8 Å². The molecule has 0 bridgehead atoms. The maximum absolute atomic E-state index is 13.4. The number of allylic oxidation sites excluding steroid dienone is 2. The second-order valence-electron chi connectivity index (χ2n) is 9.20. The number of ketones is 1. The molecule has 0 spiro atoms. The minimum Gasteiger partial charge on any atom is -0.503 e. The van der Waals surface area contributed by atoms with E-state index in [4.69, 9.17) is 4.74 Å². The number of carbonyl (C=O) groups excluding carboxylic acids is 1. The summed E-state index contributed by atoms with van der Waals surface area (Å²) < 4.78 is 5.96. The quantitative estimate of drug-likeness (QED) is 0.441. The zero-order valence-corrected chi connectivity index (χ0v) is 19.3. The monoisotopic (exact) mass is 477 g/mol. The molecule has 0 aromatic heterocycles. The Hall–Kier alpha value is -2.79. The van der Waals surface area contributed by atoms with Gasteiger partial charge in [0.25, 0.3) is 0 Å². The van der Waals surface area contributed by atoms with Gasteiger partial charge in [0, 0.05) is 29.0 Å². The van der Waals surface area contributed by atoms with Gasteiger partial charge in [-0.25, -0.2) is 0 Å². The highest BCUT2D eigenvalue weighted by Gasteiger charge is 2.41. The van der Waals surface area contributed by atoms with E-state index < -0.39 is 0 Å². The van der Waals surface area contributed by atoms with Gasteiger partial charge in [-0.15, -0.1) is 0 Å². The van der Waals surface area contributed by atoms with E-state index in [-0.39, 0.29) is 22.9 Å². The van der Waals surface area contributed by atoms with Gasteiger partial charge in [-0.05, 0) is 56.4 Å². The molecule has 158 valence electrons. The summed E-state index contributed by atoms with van der Waals surface area (Å²) in [5.41, 5.74) is 4.75. The summed E-state index contributed by atoms with van der Waals surface area (Å²) in [7, 11) is 1.54. The van der Waals surface area contributed by atoms with Gasteiger partial charge < -0.3 is 15.2 Å². The van der Waals surface area contributed by atoms with Gasteiger partial charge in [0.1, 0.15) is 0 Å². The standard InChI is InChI=1S/C26H24BrNO3/c1-26(2)12-19-23(20(29)13-26)22(15-10-18(27)25(30)21(11-15)31-3)17-9-8-14-6-4-5-7-16(14)24(17)28-19/h4-11,22,28,30H,12-13H2,1-3H3/t22-/m0/s1. The predicted octanol–water partition coefficient (Wildman–Crippen LogP) is 6.52. The van der Waals surface area contributed by atoms with Crippen LogP contribution in [0.15, 0.2) is 64.3 Å². The van der Waals surface area contributed by atoms with E-state index in [1.165, 1.54) is 7.11 Å². The molecule has 0 saturated carbocycles. The Morgan fingerprint density at radius 3 is 2.68 bits per heavy atom. The number of fused-ring (bicyclic) bond motifs is 3. The number of hydrogen-bond acceptors (Lipinski definition) is 4. The van der Waals surface area contributed by atoms with Gasteiger partial charge in [-0.1, -0.05) is 50.2 Å².